The van der Waals surface area contributed by atoms with Crippen LogP contribution in [0.1, 0.15) is 48.3 Å². The van der Waals surface area contributed by atoms with Gasteiger partial charge in [-0.25, -0.2) is 14.6 Å². The molecule has 146 valence electrons. The smallest absolute Gasteiger partial charge is 0.357 e. The Labute approximate surface area is 164 Å². The van der Waals surface area contributed by atoms with Crippen LogP contribution in [-0.2, 0) is 11.3 Å². The molecular formula is C20H27N3O3S. The van der Waals surface area contributed by atoms with Crippen LogP contribution in [-0.4, -0.2) is 35.0 Å². The molecule has 0 atom stereocenters. The minimum atomic E-state index is -0.433. The fourth-order valence-electron chi connectivity index (χ4n) is 2.35. The van der Waals surface area contributed by atoms with Crippen LogP contribution in [0.15, 0.2) is 29.6 Å². The van der Waals surface area contributed by atoms with Crippen LogP contribution in [0.25, 0.3) is 0 Å². The van der Waals surface area contributed by atoms with Crippen molar-refractivity contribution in [3.8, 4) is 0 Å². The number of nitrogens with one attached hydrogen (secondary N) is 1. The van der Waals surface area contributed by atoms with Crippen molar-refractivity contribution >= 4 is 29.0 Å². The highest BCUT2D eigenvalue weighted by molar-refractivity contribution is 7.09. The third kappa shape index (κ3) is 6.67. The zero-order valence-corrected chi connectivity index (χ0v) is 17.1. The summed E-state index contributed by atoms with van der Waals surface area (Å²) in [6.07, 6.45) is 0.886. The van der Waals surface area contributed by atoms with Crippen molar-refractivity contribution in [3.05, 3.63) is 45.9 Å². The summed E-state index contributed by atoms with van der Waals surface area (Å²) < 4.78 is 4.97. The standard InChI is InChI=1S/C20H27N3O3S/c1-5-26-19(24)17-13-27-18(22-17)12-23(11-10-14(2)3)20(25)21-16-8-6-15(4)7-9-16/h6-9,13-14H,5,10-12H2,1-4H3,(H,21,25). The lowest BCUT2D eigenvalue weighted by atomic mass is 10.1. The Morgan fingerprint density at radius 3 is 2.59 bits per heavy atom. The van der Waals surface area contributed by atoms with E-state index in [0.717, 1.165) is 17.7 Å². The van der Waals surface area contributed by atoms with E-state index >= 15 is 0 Å². The summed E-state index contributed by atoms with van der Waals surface area (Å²) in [4.78, 5) is 30.6. The Morgan fingerprint density at radius 2 is 1.96 bits per heavy atom. The van der Waals surface area contributed by atoms with Crippen LogP contribution in [0.4, 0.5) is 10.5 Å². The third-order valence-corrected chi connectivity index (χ3v) is 4.76. The van der Waals surface area contributed by atoms with Crippen molar-refractivity contribution in [3.63, 3.8) is 0 Å². The number of aromatic nitrogens is 1. The molecule has 0 spiro atoms. The van der Waals surface area contributed by atoms with Gasteiger partial charge in [-0.3, -0.25) is 0 Å². The number of amides is 2. The molecule has 1 N–H and O–H groups in total. The van der Waals surface area contributed by atoms with Crippen molar-refractivity contribution in [1.29, 1.82) is 0 Å². The number of hydrogen-bond acceptors (Lipinski definition) is 5. The molecular weight excluding hydrogens is 362 g/mol. The van der Waals surface area contributed by atoms with Crippen LogP contribution in [0, 0.1) is 12.8 Å². The van der Waals surface area contributed by atoms with E-state index in [2.05, 4.69) is 24.1 Å². The minimum Gasteiger partial charge on any atom is -0.461 e. The normalized spacial score (nSPS) is 10.7. The van der Waals surface area contributed by atoms with E-state index in [9.17, 15) is 9.59 Å². The first-order chi connectivity index (χ1) is 12.9. The lowest BCUT2D eigenvalue weighted by Gasteiger charge is -2.23. The third-order valence-electron chi connectivity index (χ3n) is 3.93. The molecule has 0 aliphatic carbocycles. The maximum atomic E-state index is 12.8. The van der Waals surface area contributed by atoms with Gasteiger partial charge in [-0.15, -0.1) is 11.3 Å². The number of esters is 1. The second-order valence-corrected chi connectivity index (χ2v) is 7.69. The lowest BCUT2D eigenvalue weighted by Crippen LogP contribution is -2.35. The van der Waals surface area contributed by atoms with Gasteiger partial charge < -0.3 is 15.0 Å². The SMILES string of the molecule is CCOC(=O)c1csc(CN(CCC(C)C)C(=O)Nc2ccc(C)cc2)n1. The number of rotatable bonds is 8. The molecule has 0 saturated carbocycles. The first-order valence-corrected chi connectivity index (χ1v) is 10.0. The number of carbonyl (C=O) groups excluding carboxylic acids is 2. The maximum absolute atomic E-state index is 12.8. The summed E-state index contributed by atoms with van der Waals surface area (Å²) in [6, 6.07) is 7.51. The van der Waals surface area contributed by atoms with Crippen LogP contribution in [0.5, 0.6) is 0 Å². The molecule has 0 unspecified atom stereocenters. The molecule has 27 heavy (non-hydrogen) atoms. The van der Waals surface area contributed by atoms with Crippen LogP contribution in [0.2, 0.25) is 0 Å². The highest BCUT2D eigenvalue weighted by Crippen LogP contribution is 2.16. The molecule has 0 fully saturated rings. The highest BCUT2D eigenvalue weighted by Gasteiger charge is 2.18. The number of aryl methyl sites for hydroxylation is 1. The molecule has 0 aliphatic rings. The molecule has 0 bridgehead atoms. The molecule has 6 nitrogen and oxygen atoms in total. The number of thiazole rings is 1. The van der Waals surface area contributed by atoms with E-state index < -0.39 is 5.97 Å². The van der Waals surface area contributed by atoms with Gasteiger partial charge in [-0.2, -0.15) is 0 Å². The summed E-state index contributed by atoms with van der Waals surface area (Å²) in [6.45, 7) is 9.29. The van der Waals surface area contributed by atoms with E-state index in [1.165, 1.54) is 11.3 Å². The molecule has 7 heteroatoms. The molecule has 2 aromatic rings. The second kappa shape index (κ2) is 10.1. The van der Waals surface area contributed by atoms with Gasteiger partial charge >= 0.3 is 12.0 Å². The number of benzene rings is 1. The van der Waals surface area contributed by atoms with Gasteiger partial charge in [0.1, 0.15) is 5.01 Å². The fourth-order valence-corrected chi connectivity index (χ4v) is 3.13. The summed E-state index contributed by atoms with van der Waals surface area (Å²) in [5.74, 6) is 0.0453. The van der Waals surface area contributed by atoms with Gasteiger partial charge in [-0.05, 0) is 38.3 Å². The zero-order chi connectivity index (χ0) is 19.8. The Bertz CT molecular complexity index is 756. The topological polar surface area (TPSA) is 71.5 Å². The van der Waals surface area contributed by atoms with Gasteiger partial charge in [0.25, 0.3) is 0 Å². The summed E-state index contributed by atoms with van der Waals surface area (Å²) in [5, 5.41) is 5.32. The van der Waals surface area contributed by atoms with E-state index in [1.54, 1.807) is 17.2 Å². The lowest BCUT2D eigenvalue weighted by molar-refractivity contribution is 0.0520. The van der Waals surface area contributed by atoms with Crippen LogP contribution < -0.4 is 5.32 Å². The Balaban J connectivity index is 2.07. The number of ether oxygens (including phenoxy) is 1. The van der Waals surface area contributed by atoms with Gasteiger partial charge in [0.15, 0.2) is 5.69 Å². The molecule has 0 aliphatic heterocycles. The zero-order valence-electron chi connectivity index (χ0n) is 16.3. The first-order valence-electron chi connectivity index (χ1n) is 9.13. The van der Waals surface area contributed by atoms with E-state index in [-0.39, 0.29) is 6.03 Å². The molecule has 1 aromatic carbocycles. The van der Waals surface area contributed by atoms with Crippen molar-refractivity contribution in [2.45, 2.75) is 40.7 Å². The number of hydrogen-bond donors (Lipinski definition) is 1. The molecule has 2 rings (SSSR count). The van der Waals surface area contributed by atoms with E-state index in [1.807, 2.05) is 31.2 Å². The highest BCUT2D eigenvalue weighted by atomic mass is 32.1. The monoisotopic (exact) mass is 389 g/mol. The number of nitrogens with zero attached hydrogens (tertiary/aromatic N) is 2. The summed E-state index contributed by atoms with van der Waals surface area (Å²) in [5.41, 5.74) is 2.19. The first kappa shape index (κ1) is 20.9. The average Bonchev–Trinajstić information content (AvgIpc) is 3.09. The second-order valence-electron chi connectivity index (χ2n) is 6.75. The molecule has 0 radical (unpaired) electrons. The predicted octanol–water partition coefficient (Wildman–Crippen LogP) is 4.71. The molecule has 1 heterocycles. The van der Waals surface area contributed by atoms with Gasteiger partial charge in [0.05, 0.1) is 13.2 Å². The van der Waals surface area contributed by atoms with E-state index in [0.29, 0.717) is 36.3 Å². The Kier molecular flexibility index (Phi) is 7.79. The van der Waals surface area contributed by atoms with Crippen molar-refractivity contribution in [2.75, 3.05) is 18.5 Å². The van der Waals surface area contributed by atoms with Crippen molar-refractivity contribution in [2.24, 2.45) is 5.92 Å². The molecule has 2 amide bonds. The van der Waals surface area contributed by atoms with Gasteiger partial charge in [-0.1, -0.05) is 31.5 Å². The molecule has 1 aromatic heterocycles. The number of urea groups is 1. The van der Waals surface area contributed by atoms with Crippen LogP contribution in [0.3, 0.4) is 0 Å². The molecule has 0 saturated heterocycles. The average molecular weight is 390 g/mol. The van der Waals surface area contributed by atoms with Crippen LogP contribution >= 0.6 is 11.3 Å². The Morgan fingerprint density at radius 1 is 1.26 bits per heavy atom. The summed E-state index contributed by atoms with van der Waals surface area (Å²) >= 11 is 1.36. The van der Waals surface area contributed by atoms with Crippen molar-refractivity contribution in [1.82, 2.24) is 9.88 Å². The maximum Gasteiger partial charge on any atom is 0.357 e. The van der Waals surface area contributed by atoms with Crippen molar-refractivity contribution < 1.29 is 14.3 Å². The fraction of sp³-hybridized carbons (Fsp3) is 0.450. The number of carbonyl (C=O) groups is 2. The van der Waals surface area contributed by atoms with E-state index in [4.69, 9.17) is 4.74 Å². The largest absolute Gasteiger partial charge is 0.461 e. The van der Waals surface area contributed by atoms with Gasteiger partial charge in [0.2, 0.25) is 0 Å². The quantitative estimate of drug-likeness (QED) is 0.664. The Hall–Kier alpha value is -2.41. The summed E-state index contributed by atoms with van der Waals surface area (Å²) in [7, 11) is 0. The predicted molar refractivity (Wildman–Crippen MR) is 108 cm³/mol. The number of anilines is 1. The minimum absolute atomic E-state index is 0.174. The van der Waals surface area contributed by atoms with Gasteiger partial charge in [0, 0.05) is 17.6 Å².